The summed E-state index contributed by atoms with van der Waals surface area (Å²) in [5.41, 5.74) is 0. The van der Waals surface area contributed by atoms with Crippen molar-refractivity contribution in [3.63, 3.8) is 0 Å². The zero-order valence-corrected chi connectivity index (χ0v) is 4.73. The normalized spacial score (nSPS) is 22.6. The van der Waals surface area contributed by atoms with Gasteiger partial charge in [-0.3, -0.25) is 9.59 Å². The summed E-state index contributed by atoms with van der Waals surface area (Å²) in [6.45, 7) is 1.72. The van der Waals surface area contributed by atoms with Gasteiger partial charge in [-0.25, -0.2) is 0 Å². The number of rotatable bonds is 0. The summed E-state index contributed by atoms with van der Waals surface area (Å²) in [6.07, 6.45) is 1.11. The first-order chi connectivity index (χ1) is 3.72. The molecule has 1 aliphatic carbocycles. The average Bonchev–Trinajstić information content (AvgIpc) is 1.98. The molecule has 0 atom stereocenters. The van der Waals surface area contributed by atoms with Crippen molar-refractivity contribution in [2.75, 3.05) is 0 Å². The fraction of sp³-hybridized carbons (Fsp3) is 0.500. The molecule has 0 spiro atoms. The highest BCUT2D eigenvalue weighted by Gasteiger charge is 2.28. The second-order valence-electron chi connectivity index (χ2n) is 2.03. The first kappa shape index (κ1) is 5.48. The Bertz CT molecular complexity index is 137. The lowest BCUT2D eigenvalue weighted by molar-refractivity contribution is -0.133. The van der Waals surface area contributed by atoms with Gasteiger partial charge in [-0.1, -0.05) is 6.92 Å². The van der Waals surface area contributed by atoms with Crippen LogP contribution in [0.3, 0.4) is 0 Å². The molecule has 1 aliphatic rings. The van der Waals surface area contributed by atoms with Gasteiger partial charge in [-0.15, -0.1) is 0 Å². The number of carbonyl (C=O) groups is 2. The van der Waals surface area contributed by atoms with Crippen molar-refractivity contribution >= 4 is 11.6 Å². The van der Waals surface area contributed by atoms with Crippen molar-refractivity contribution in [3.05, 3.63) is 5.92 Å². The molecular formula is C6H7O2. The Morgan fingerprint density at radius 1 is 1.25 bits per heavy atom. The van der Waals surface area contributed by atoms with E-state index in [1.165, 1.54) is 0 Å². The summed E-state index contributed by atoms with van der Waals surface area (Å²) in [5.74, 6) is 0.238. The summed E-state index contributed by atoms with van der Waals surface area (Å²) in [4.78, 5) is 20.9. The molecule has 0 aromatic heterocycles. The van der Waals surface area contributed by atoms with Gasteiger partial charge < -0.3 is 0 Å². The third-order valence-electron chi connectivity index (χ3n) is 1.37. The summed E-state index contributed by atoms with van der Waals surface area (Å²) in [7, 11) is 0. The third-order valence-corrected chi connectivity index (χ3v) is 1.37. The van der Waals surface area contributed by atoms with Gasteiger partial charge in [0, 0.05) is 12.3 Å². The van der Waals surface area contributed by atoms with Gasteiger partial charge in [-0.05, 0) is 6.42 Å². The van der Waals surface area contributed by atoms with E-state index in [4.69, 9.17) is 0 Å². The van der Waals surface area contributed by atoms with E-state index >= 15 is 0 Å². The molecule has 0 amide bonds. The fourth-order valence-electron chi connectivity index (χ4n) is 0.766. The molecule has 2 nitrogen and oxygen atoms in total. The van der Waals surface area contributed by atoms with Crippen LogP contribution < -0.4 is 0 Å². The minimum absolute atomic E-state index is 0.220. The zero-order chi connectivity index (χ0) is 6.15. The van der Waals surface area contributed by atoms with Gasteiger partial charge in [0.25, 0.3) is 0 Å². The molecule has 2 heteroatoms. The van der Waals surface area contributed by atoms with E-state index in [0.29, 0.717) is 12.8 Å². The highest BCUT2D eigenvalue weighted by Crippen LogP contribution is 2.18. The first-order valence-electron chi connectivity index (χ1n) is 2.62. The number of hydrogen-bond acceptors (Lipinski definition) is 2. The monoisotopic (exact) mass is 111 g/mol. The SMILES string of the molecule is C[C]1CCC(=O)C1=O. The molecule has 8 heavy (non-hydrogen) atoms. The molecule has 0 bridgehead atoms. The van der Waals surface area contributed by atoms with Gasteiger partial charge in [0.2, 0.25) is 5.78 Å². The lowest BCUT2D eigenvalue weighted by atomic mass is 10.1. The summed E-state index contributed by atoms with van der Waals surface area (Å²) in [6, 6.07) is 0. The van der Waals surface area contributed by atoms with Crippen molar-refractivity contribution in [3.8, 4) is 0 Å². The van der Waals surface area contributed by atoms with Crippen LogP contribution in [0.1, 0.15) is 19.8 Å². The van der Waals surface area contributed by atoms with Crippen LogP contribution in [-0.2, 0) is 9.59 Å². The lowest BCUT2D eigenvalue weighted by Crippen LogP contribution is -2.07. The number of ketones is 2. The van der Waals surface area contributed by atoms with E-state index in [1.807, 2.05) is 0 Å². The van der Waals surface area contributed by atoms with Gasteiger partial charge in [0.15, 0.2) is 5.78 Å². The molecule has 0 aromatic rings. The molecule has 43 valence electrons. The van der Waals surface area contributed by atoms with E-state index in [0.717, 1.165) is 5.92 Å². The lowest BCUT2D eigenvalue weighted by Gasteiger charge is -1.88. The second-order valence-corrected chi connectivity index (χ2v) is 2.03. The largest absolute Gasteiger partial charge is 0.291 e. The number of Topliss-reactive ketones (excluding diaryl/α,β-unsaturated/α-hetero) is 2. The minimum atomic E-state index is -0.259. The van der Waals surface area contributed by atoms with E-state index in [-0.39, 0.29) is 11.6 Å². The van der Waals surface area contributed by atoms with Gasteiger partial charge in [-0.2, -0.15) is 0 Å². The van der Waals surface area contributed by atoms with E-state index in [1.54, 1.807) is 6.92 Å². The Labute approximate surface area is 47.9 Å². The molecular weight excluding hydrogens is 104 g/mol. The fourth-order valence-corrected chi connectivity index (χ4v) is 0.766. The maximum absolute atomic E-state index is 10.5. The van der Waals surface area contributed by atoms with Crippen molar-refractivity contribution in [2.45, 2.75) is 19.8 Å². The molecule has 1 saturated carbocycles. The highest BCUT2D eigenvalue weighted by atomic mass is 16.2. The molecule has 0 heterocycles. The minimum Gasteiger partial charge on any atom is -0.291 e. The maximum atomic E-state index is 10.5. The van der Waals surface area contributed by atoms with Crippen LogP contribution in [0.5, 0.6) is 0 Å². The van der Waals surface area contributed by atoms with Crippen LogP contribution in [0.25, 0.3) is 0 Å². The molecule has 0 unspecified atom stereocenters. The van der Waals surface area contributed by atoms with Crippen molar-refractivity contribution in [2.24, 2.45) is 0 Å². The Kier molecular flexibility index (Phi) is 1.16. The molecule has 0 aromatic carbocycles. The van der Waals surface area contributed by atoms with Gasteiger partial charge >= 0.3 is 0 Å². The third kappa shape index (κ3) is 0.661. The van der Waals surface area contributed by atoms with Crippen LogP contribution in [0.15, 0.2) is 0 Å². The van der Waals surface area contributed by atoms with E-state index < -0.39 is 0 Å². The highest BCUT2D eigenvalue weighted by molar-refractivity contribution is 6.44. The van der Waals surface area contributed by atoms with E-state index in [9.17, 15) is 9.59 Å². The molecule has 0 saturated heterocycles. The summed E-state index contributed by atoms with van der Waals surface area (Å²) < 4.78 is 0. The standard InChI is InChI=1S/C6H7O2/c1-4-2-3-5(7)6(4)8/h2-3H2,1H3. The Balaban J connectivity index is 2.71. The molecule has 0 N–H and O–H groups in total. The summed E-state index contributed by atoms with van der Waals surface area (Å²) in [5, 5.41) is 0. The van der Waals surface area contributed by atoms with Crippen LogP contribution in [0, 0.1) is 5.92 Å². The van der Waals surface area contributed by atoms with Crippen LogP contribution in [-0.4, -0.2) is 11.6 Å². The summed E-state index contributed by atoms with van der Waals surface area (Å²) >= 11 is 0. The Morgan fingerprint density at radius 2 is 1.88 bits per heavy atom. The molecule has 1 fully saturated rings. The number of hydrogen-bond donors (Lipinski definition) is 0. The molecule has 1 rings (SSSR count). The molecule has 1 radical (unpaired) electrons. The predicted octanol–water partition coefficient (Wildman–Crippen LogP) is 0.513. The van der Waals surface area contributed by atoms with Crippen molar-refractivity contribution < 1.29 is 9.59 Å². The second kappa shape index (κ2) is 1.69. The van der Waals surface area contributed by atoms with Crippen LogP contribution >= 0.6 is 0 Å². The quantitative estimate of drug-likeness (QED) is 0.427. The van der Waals surface area contributed by atoms with Crippen LogP contribution in [0.4, 0.5) is 0 Å². The number of carbonyl (C=O) groups excluding carboxylic acids is 2. The topological polar surface area (TPSA) is 34.1 Å². The maximum Gasteiger partial charge on any atom is 0.205 e. The van der Waals surface area contributed by atoms with Gasteiger partial charge in [0.1, 0.15) is 0 Å². The van der Waals surface area contributed by atoms with Crippen molar-refractivity contribution in [1.29, 1.82) is 0 Å². The smallest absolute Gasteiger partial charge is 0.205 e. The Morgan fingerprint density at radius 3 is 2.00 bits per heavy atom. The van der Waals surface area contributed by atoms with Crippen LogP contribution in [0.2, 0.25) is 0 Å². The first-order valence-corrected chi connectivity index (χ1v) is 2.62. The van der Waals surface area contributed by atoms with E-state index in [2.05, 4.69) is 0 Å². The Hall–Kier alpha value is -0.660. The van der Waals surface area contributed by atoms with Gasteiger partial charge in [0.05, 0.1) is 0 Å². The predicted molar refractivity (Wildman–Crippen MR) is 28.2 cm³/mol. The van der Waals surface area contributed by atoms with Crippen molar-refractivity contribution in [1.82, 2.24) is 0 Å². The zero-order valence-electron chi connectivity index (χ0n) is 4.73. The molecule has 0 aliphatic heterocycles. The average molecular weight is 111 g/mol.